The van der Waals surface area contributed by atoms with Crippen LogP contribution in [0.5, 0.6) is 11.5 Å². The number of amides is 1. The molecule has 0 bridgehead atoms. The Bertz CT molecular complexity index is 921. The van der Waals surface area contributed by atoms with Crippen molar-refractivity contribution in [2.24, 2.45) is 0 Å². The summed E-state index contributed by atoms with van der Waals surface area (Å²) in [6.07, 6.45) is 2.66. The topological polar surface area (TPSA) is 52.5 Å². The molecule has 6 heteroatoms. The lowest BCUT2D eigenvalue weighted by Crippen LogP contribution is -2.29. The first-order valence-electron chi connectivity index (χ1n) is 8.33. The summed E-state index contributed by atoms with van der Waals surface area (Å²) >= 11 is 3.53. The molecule has 0 unspecified atom stereocenters. The smallest absolute Gasteiger partial charge is 0.239 e. The summed E-state index contributed by atoms with van der Waals surface area (Å²) < 4.78 is 13.5. The minimum atomic E-state index is -0.0112. The van der Waals surface area contributed by atoms with Crippen molar-refractivity contribution in [3.63, 3.8) is 0 Å². The Balaban J connectivity index is 1.57. The van der Waals surface area contributed by atoms with E-state index in [-0.39, 0.29) is 5.91 Å². The second kappa shape index (κ2) is 8.27. The van der Waals surface area contributed by atoms with E-state index in [1.165, 1.54) is 0 Å². The molecule has 0 saturated carbocycles. The van der Waals surface area contributed by atoms with Crippen LogP contribution in [0, 0.1) is 0 Å². The normalized spacial score (nSPS) is 10.7. The molecule has 0 spiro atoms. The van der Waals surface area contributed by atoms with Gasteiger partial charge in [0.05, 0.1) is 14.2 Å². The van der Waals surface area contributed by atoms with E-state index in [0.29, 0.717) is 24.6 Å². The van der Waals surface area contributed by atoms with Crippen molar-refractivity contribution < 1.29 is 14.3 Å². The van der Waals surface area contributed by atoms with Crippen LogP contribution in [0.15, 0.2) is 53.1 Å². The second-order valence-electron chi connectivity index (χ2n) is 5.91. The van der Waals surface area contributed by atoms with E-state index >= 15 is 0 Å². The lowest BCUT2D eigenvalue weighted by molar-refractivity contribution is -0.121. The van der Waals surface area contributed by atoms with Gasteiger partial charge in [0.25, 0.3) is 0 Å². The maximum absolute atomic E-state index is 12.3. The van der Waals surface area contributed by atoms with Gasteiger partial charge in [0.1, 0.15) is 6.54 Å². The average Bonchev–Trinajstić information content (AvgIpc) is 3.05. The molecule has 5 nitrogen and oxygen atoms in total. The molecule has 2 aromatic carbocycles. The third-order valence-corrected chi connectivity index (χ3v) is 4.95. The number of carbonyl (C=O) groups excluding carboxylic acids is 1. The van der Waals surface area contributed by atoms with Crippen LogP contribution < -0.4 is 14.8 Å². The first-order chi connectivity index (χ1) is 12.6. The van der Waals surface area contributed by atoms with Gasteiger partial charge in [-0.3, -0.25) is 4.79 Å². The van der Waals surface area contributed by atoms with Crippen LogP contribution >= 0.6 is 15.9 Å². The van der Waals surface area contributed by atoms with E-state index in [2.05, 4.69) is 21.2 Å². The highest BCUT2D eigenvalue weighted by Crippen LogP contribution is 2.27. The largest absolute Gasteiger partial charge is 0.493 e. The Morgan fingerprint density at radius 1 is 1.12 bits per heavy atom. The number of aromatic nitrogens is 1. The number of nitrogens with zero attached hydrogens (tertiary/aromatic N) is 1. The van der Waals surface area contributed by atoms with E-state index in [9.17, 15) is 4.79 Å². The van der Waals surface area contributed by atoms with E-state index < -0.39 is 0 Å². The lowest BCUT2D eigenvalue weighted by atomic mass is 10.1. The monoisotopic (exact) mass is 416 g/mol. The predicted octanol–water partition coefficient (Wildman–Crippen LogP) is 3.78. The molecular formula is C20H21BrN2O3. The molecule has 0 fully saturated rings. The van der Waals surface area contributed by atoms with Gasteiger partial charge >= 0.3 is 0 Å². The Hall–Kier alpha value is -2.47. The number of rotatable bonds is 7. The molecule has 1 aromatic heterocycles. The number of benzene rings is 2. The molecule has 3 rings (SSSR count). The Labute approximate surface area is 161 Å². The first kappa shape index (κ1) is 18.3. The third-order valence-electron chi connectivity index (χ3n) is 4.26. The number of hydrogen-bond acceptors (Lipinski definition) is 3. The van der Waals surface area contributed by atoms with Crippen LogP contribution in [0.4, 0.5) is 0 Å². The van der Waals surface area contributed by atoms with Gasteiger partial charge in [0.2, 0.25) is 5.91 Å². The number of ether oxygens (including phenoxy) is 2. The molecule has 0 atom stereocenters. The highest BCUT2D eigenvalue weighted by molar-refractivity contribution is 9.10. The van der Waals surface area contributed by atoms with Crippen LogP contribution in [-0.4, -0.2) is 31.2 Å². The number of nitrogens with one attached hydrogen (secondary N) is 1. The molecule has 136 valence electrons. The van der Waals surface area contributed by atoms with Crippen molar-refractivity contribution in [1.82, 2.24) is 9.88 Å². The molecule has 3 aromatic rings. The highest BCUT2D eigenvalue weighted by Gasteiger charge is 2.08. The zero-order valence-corrected chi connectivity index (χ0v) is 16.4. The fourth-order valence-corrected chi connectivity index (χ4v) is 3.40. The van der Waals surface area contributed by atoms with Gasteiger partial charge in [0.15, 0.2) is 11.5 Å². The summed E-state index contributed by atoms with van der Waals surface area (Å²) in [6.45, 7) is 0.864. The van der Waals surface area contributed by atoms with E-state index in [0.717, 1.165) is 27.4 Å². The summed E-state index contributed by atoms with van der Waals surface area (Å²) in [5.41, 5.74) is 2.12. The first-order valence-corrected chi connectivity index (χ1v) is 9.12. The predicted molar refractivity (Wildman–Crippen MR) is 106 cm³/mol. The van der Waals surface area contributed by atoms with Crippen molar-refractivity contribution in [1.29, 1.82) is 0 Å². The average molecular weight is 417 g/mol. The molecule has 0 aliphatic rings. The van der Waals surface area contributed by atoms with E-state index in [1.807, 2.05) is 53.2 Å². The van der Waals surface area contributed by atoms with Gasteiger partial charge < -0.3 is 19.4 Å². The minimum Gasteiger partial charge on any atom is -0.493 e. The molecule has 26 heavy (non-hydrogen) atoms. The molecular weight excluding hydrogens is 396 g/mol. The number of hydrogen-bond donors (Lipinski definition) is 1. The summed E-state index contributed by atoms with van der Waals surface area (Å²) in [7, 11) is 3.23. The third kappa shape index (κ3) is 4.02. The Morgan fingerprint density at radius 3 is 2.69 bits per heavy atom. The molecule has 0 saturated heterocycles. The lowest BCUT2D eigenvalue weighted by Gasteiger charge is -2.10. The standard InChI is InChI=1S/C20H21BrN2O3/c1-25-18-7-6-14(12-19(18)26-2)8-10-22-20(24)13-23-11-9-15-16(21)4-3-5-17(15)23/h3-7,9,11-12H,8,10,13H2,1-2H3,(H,22,24). The van der Waals surface area contributed by atoms with Gasteiger partial charge in [-0.15, -0.1) is 0 Å². The quantitative estimate of drug-likeness (QED) is 0.637. The van der Waals surface area contributed by atoms with Crippen LogP contribution in [0.2, 0.25) is 0 Å². The maximum atomic E-state index is 12.3. The molecule has 0 aliphatic heterocycles. The van der Waals surface area contributed by atoms with Crippen molar-refractivity contribution in [2.75, 3.05) is 20.8 Å². The van der Waals surface area contributed by atoms with Gasteiger partial charge in [-0.2, -0.15) is 0 Å². The van der Waals surface area contributed by atoms with Crippen LogP contribution in [-0.2, 0) is 17.8 Å². The fourth-order valence-electron chi connectivity index (χ4n) is 2.92. The van der Waals surface area contributed by atoms with Crippen LogP contribution in [0.1, 0.15) is 5.56 Å². The summed E-state index contributed by atoms with van der Waals surface area (Å²) in [5, 5.41) is 4.07. The number of halogens is 1. The van der Waals surface area contributed by atoms with Gasteiger partial charge in [-0.1, -0.05) is 28.1 Å². The fraction of sp³-hybridized carbons (Fsp3) is 0.250. The summed E-state index contributed by atoms with van der Waals surface area (Å²) in [4.78, 5) is 12.3. The summed E-state index contributed by atoms with van der Waals surface area (Å²) in [6, 6.07) is 13.8. The molecule has 1 N–H and O–H groups in total. The zero-order valence-electron chi connectivity index (χ0n) is 14.8. The van der Waals surface area contributed by atoms with Crippen molar-refractivity contribution in [2.45, 2.75) is 13.0 Å². The van der Waals surface area contributed by atoms with Gasteiger partial charge in [-0.05, 0) is 42.3 Å². The van der Waals surface area contributed by atoms with Gasteiger partial charge in [0, 0.05) is 28.1 Å². The number of fused-ring (bicyclic) bond motifs is 1. The van der Waals surface area contributed by atoms with Crippen LogP contribution in [0.3, 0.4) is 0 Å². The van der Waals surface area contributed by atoms with E-state index in [1.54, 1.807) is 14.2 Å². The van der Waals surface area contributed by atoms with E-state index in [4.69, 9.17) is 9.47 Å². The Kier molecular flexibility index (Phi) is 5.83. The van der Waals surface area contributed by atoms with Crippen molar-refractivity contribution in [3.8, 4) is 11.5 Å². The molecule has 1 amide bonds. The van der Waals surface area contributed by atoms with Gasteiger partial charge in [-0.25, -0.2) is 0 Å². The van der Waals surface area contributed by atoms with Crippen LogP contribution in [0.25, 0.3) is 10.9 Å². The Morgan fingerprint density at radius 2 is 1.92 bits per heavy atom. The zero-order chi connectivity index (χ0) is 18.5. The summed E-state index contributed by atoms with van der Waals surface area (Å²) in [5.74, 6) is 1.38. The maximum Gasteiger partial charge on any atom is 0.239 e. The SMILES string of the molecule is COc1ccc(CCNC(=O)Cn2ccc3c(Br)cccc32)cc1OC. The van der Waals surface area contributed by atoms with Crippen molar-refractivity contribution in [3.05, 3.63) is 58.7 Å². The molecule has 1 heterocycles. The minimum absolute atomic E-state index is 0.0112. The number of methoxy groups -OCH3 is 2. The molecule has 0 aliphatic carbocycles. The van der Waals surface area contributed by atoms with Crippen molar-refractivity contribution >= 4 is 32.7 Å². The highest BCUT2D eigenvalue weighted by atomic mass is 79.9. The molecule has 0 radical (unpaired) electrons. The second-order valence-corrected chi connectivity index (χ2v) is 6.76. The number of carbonyl (C=O) groups is 1.